The molecule has 2 aromatic heterocycles. The third-order valence-electron chi connectivity index (χ3n) is 3.28. The third kappa shape index (κ3) is 3.66. The van der Waals surface area contributed by atoms with Crippen LogP contribution < -0.4 is 0 Å². The van der Waals surface area contributed by atoms with E-state index in [0.717, 1.165) is 23.5 Å². The van der Waals surface area contributed by atoms with Gasteiger partial charge < -0.3 is 0 Å². The molecule has 0 aromatic carbocycles. The molecule has 106 valence electrons. The number of ketones is 1. The number of halogens is 1. The van der Waals surface area contributed by atoms with E-state index < -0.39 is 0 Å². The fourth-order valence-corrected chi connectivity index (χ4v) is 3.13. The Morgan fingerprint density at radius 3 is 2.60 bits per heavy atom. The van der Waals surface area contributed by atoms with Crippen LogP contribution in [0.1, 0.15) is 29.1 Å². The van der Waals surface area contributed by atoms with Crippen molar-refractivity contribution in [2.45, 2.75) is 26.4 Å². The van der Waals surface area contributed by atoms with E-state index in [1.165, 1.54) is 11.3 Å². The molecule has 0 saturated carbocycles. The van der Waals surface area contributed by atoms with Crippen molar-refractivity contribution in [1.29, 1.82) is 0 Å². The second-order valence-corrected chi connectivity index (χ2v) is 6.28. The molecule has 0 spiro atoms. The van der Waals surface area contributed by atoms with Gasteiger partial charge in [-0.1, -0.05) is 18.5 Å². The minimum Gasteiger partial charge on any atom is -0.291 e. The average Bonchev–Trinajstić information content (AvgIpc) is 2.91. The van der Waals surface area contributed by atoms with Crippen LogP contribution in [0.5, 0.6) is 0 Å². The molecule has 2 heterocycles. The summed E-state index contributed by atoms with van der Waals surface area (Å²) in [7, 11) is 0. The quantitative estimate of drug-likeness (QED) is 0.759. The highest BCUT2D eigenvalue weighted by Gasteiger charge is 2.22. The lowest BCUT2D eigenvalue weighted by atomic mass is 10.1. The molecule has 0 aliphatic heterocycles. The Labute approximate surface area is 128 Å². The van der Waals surface area contributed by atoms with Crippen molar-refractivity contribution in [1.82, 2.24) is 9.88 Å². The molecule has 0 aliphatic rings. The van der Waals surface area contributed by atoms with Crippen molar-refractivity contribution < 1.29 is 4.79 Å². The number of hydrogen-bond acceptors (Lipinski definition) is 4. The molecule has 0 N–H and O–H groups in total. The molecule has 0 radical (unpaired) electrons. The van der Waals surface area contributed by atoms with E-state index in [2.05, 4.69) is 16.8 Å². The minimum atomic E-state index is -0.164. The van der Waals surface area contributed by atoms with Gasteiger partial charge in [0.1, 0.15) is 0 Å². The third-order valence-corrected chi connectivity index (χ3v) is 4.53. The van der Waals surface area contributed by atoms with Gasteiger partial charge in [0.2, 0.25) is 0 Å². The SMILES string of the molecule is CCN(Cc1ccncc1)C(C)C(=O)c1ccc(Cl)s1. The van der Waals surface area contributed by atoms with Gasteiger partial charge in [-0.3, -0.25) is 14.7 Å². The van der Waals surface area contributed by atoms with Gasteiger partial charge in [-0.15, -0.1) is 11.3 Å². The Hall–Kier alpha value is -1.23. The Balaban J connectivity index is 2.09. The molecule has 1 atom stereocenters. The highest BCUT2D eigenvalue weighted by atomic mass is 35.5. The highest BCUT2D eigenvalue weighted by Crippen LogP contribution is 2.24. The van der Waals surface area contributed by atoms with Crippen molar-refractivity contribution in [2.75, 3.05) is 6.54 Å². The summed E-state index contributed by atoms with van der Waals surface area (Å²) >= 11 is 7.24. The van der Waals surface area contributed by atoms with Gasteiger partial charge in [-0.05, 0) is 43.3 Å². The lowest BCUT2D eigenvalue weighted by Gasteiger charge is -2.26. The summed E-state index contributed by atoms with van der Waals surface area (Å²) in [5, 5.41) is 0. The smallest absolute Gasteiger partial charge is 0.189 e. The van der Waals surface area contributed by atoms with Crippen LogP contribution in [-0.4, -0.2) is 28.3 Å². The topological polar surface area (TPSA) is 33.2 Å². The molecule has 2 rings (SSSR count). The van der Waals surface area contributed by atoms with Gasteiger partial charge in [0.25, 0.3) is 0 Å². The molecule has 0 saturated heterocycles. The van der Waals surface area contributed by atoms with Crippen LogP contribution >= 0.6 is 22.9 Å². The predicted octanol–water partition coefficient (Wildman–Crippen LogP) is 3.89. The molecule has 3 nitrogen and oxygen atoms in total. The zero-order chi connectivity index (χ0) is 14.5. The second kappa shape index (κ2) is 6.97. The summed E-state index contributed by atoms with van der Waals surface area (Å²) in [6, 6.07) is 7.35. The van der Waals surface area contributed by atoms with Crippen molar-refractivity contribution in [3.8, 4) is 0 Å². The van der Waals surface area contributed by atoms with Crippen molar-refractivity contribution >= 4 is 28.7 Å². The largest absolute Gasteiger partial charge is 0.291 e. The van der Waals surface area contributed by atoms with Crippen LogP contribution in [0.3, 0.4) is 0 Å². The van der Waals surface area contributed by atoms with Crippen LogP contribution in [-0.2, 0) is 6.54 Å². The molecule has 1 unspecified atom stereocenters. The summed E-state index contributed by atoms with van der Waals surface area (Å²) in [5.74, 6) is 0.123. The first-order valence-electron chi connectivity index (χ1n) is 6.54. The Bertz CT molecular complexity index is 570. The number of hydrogen-bond donors (Lipinski definition) is 0. The number of likely N-dealkylation sites (N-methyl/N-ethyl adjacent to an activating group) is 1. The summed E-state index contributed by atoms with van der Waals surface area (Å²) < 4.78 is 0.651. The van der Waals surface area contributed by atoms with Crippen LogP contribution in [0.25, 0.3) is 0 Å². The van der Waals surface area contributed by atoms with E-state index in [0.29, 0.717) is 4.34 Å². The number of pyridine rings is 1. The van der Waals surface area contributed by atoms with E-state index in [-0.39, 0.29) is 11.8 Å². The van der Waals surface area contributed by atoms with Crippen molar-refractivity contribution in [2.24, 2.45) is 0 Å². The first kappa shape index (κ1) is 15.2. The number of aromatic nitrogens is 1. The molecular formula is C15H17ClN2OS. The average molecular weight is 309 g/mol. The van der Waals surface area contributed by atoms with E-state index in [1.807, 2.05) is 19.1 Å². The Morgan fingerprint density at radius 1 is 1.35 bits per heavy atom. The molecule has 0 amide bonds. The highest BCUT2D eigenvalue weighted by molar-refractivity contribution is 7.18. The van der Waals surface area contributed by atoms with Gasteiger partial charge in [0.05, 0.1) is 15.3 Å². The Morgan fingerprint density at radius 2 is 2.05 bits per heavy atom. The lowest BCUT2D eigenvalue weighted by Crippen LogP contribution is -2.38. The number of nitrogens with zero attached hydrogens (tertiary/aromatic N) is 2. The number of carbonyl (C=O) groups excluding carboxylic acids is 1. The molecule has 0 aliphatic carbocycles. The summed E-state index contributed by atoms with van der Waals surface area (Å²) in [4.78, 5) is 19.3. The van der Waals surface area contributed by atoms with Crippen molar-refractivity contribution in [3.63, 3.8) is 0 Å². The minimum absolute atomic E-state index is 0.123. The van der Waals surface area contributed by atoms with Gasteiger partial charge in [0, 0.05) is 18.9 Å². The summed E-state index contributed by atoms with van der Waals surface area (Å²) in [5.41, 5.74) is 1.16. The molecule has 20 heavy (non-hydrogen) atoms. The second-order valence-electron chi connectivity index (χ2n) is 4.56. The molecular weight excluding hydrogens is 292 g/mol. The van der Waals surface area contributed by atoms with Gasteiger partial charge in [-0.25, -0.2) is 0 Å². The van der Waals surface area contributed by atoms with E-state index in [9.17, 15) is 4.79 Å². The molecule has 2 aromatic rings. The molecule has 0 bridgehead atoms. The lowest BCUT2D eigenvalue weighted by molar-refractivity contribution is 0.0840. The fraction of sp³-hybridized carbons (Fsp3) is 0.333. The number of rotatable bonds is 6. The summed E-state index contributed by atoms with van der Waals surface area (Å²) in [6.07, 6.45) is 3.55. The number of Topliss-reactive ketones (excluding diaryl/α,β-unsaturated/α-hetero) is 1. The maximum Gasteiger partial charge on any atom is 0.189 e. The normalized spacial score (nSPS) is 12.6. The van der Waals surface area contributed by atoms with E-state index in [4.69, 9.17) is 11.6 Å². The van der Waals surface area contributed by atoms with Gasteiger partial charge >= 0.3 is 0 Å². The molecule has 0 fully saturated rings. The van der Waals surface area contributed by atoms with Crippen LogP contribution in [0, 0.1) is 0 Å². The van der Waals surface area contributed by atoms with Crippen LogP contribution in [0.2, 0.25) is 4.34 Å². The van der Waals surface area contributed by atoms with E-state index in [1.54, 1.807) is 24.5 Å². The van der Waals surface area contributed by atoms with Crippen molar-refractivity contribution in [3.05, 3.63) is 51.4 Å². The van der Waals surface area contributed by atoms with Crippen LogP contribution in [0.15, 0.2) is 36.7 Å². The zero-order valence-corrected chi connectivity index (χ0v) is 13.1. The number of thiophene rings is 1. The first-order chi connectivity index (χ1) is 9.61. The number of carbonyl (C=O) groups is 1. The van der Waals surface area contributed by atoms with Crippen LogP contribution in [0.4, 0.5) is 0 Å². The maximum absolute atomic E-state index is 12.4. The monoisotopic (exact) mass is 308 g/mol. The Kier molecular flexibility index (Phi) is 5.29. The van der Waals surface area contributed by atoms with Gasteiger partial charge in [-0.2, -0.15) is 0 Å². The summed E-state index contributed by atoms with van der Waals surface area (Å²) in [6.45, 7) is 5.56. The fourth-order valence-electron chi connectivity index (χ4n) is 2.06. The van der Waals surface area contributed by atoms with E-state index >= 15 is 0 Å². The maximum atomic E-state index is 12.4. The standard InChI is InChI=1S/C15H17ClN2OS/c1-3-18(10-12-6-8-17-9-7-12)11(2)15(19)13-4-5-14(16)20-13/h4-9,11H,3,10H2,1-2H3. The van der Waals surface area contributed by atoms with Gasteiger partial charge in [0.15, 0.2) is 5.78 Å². The first-order valence-corrected chi connectivity index (χ1v) is 7.73. The predicted molar refractivity (Wildman–Crippen MR) is 83.4 cm³/mol. The molecule has 5 heteroatoms. The zero-order valence-electron chi connectivity index (χ0n) is 11.5.